The lowest BCUT2D eigenvalue weighted by atomic mass is 10.2. The second-order valence-electron chi connectivity index (χ2n) is 7.28. The van der Waals surface area contributed by atoms with Crippen molar-refractivity contribution in [3.05, 3.63) is 54.1 Å². The first-order valence-corrected chi connectivity index (χ1v) is 11.5. The normalized spacial score (nSPS) is 17.1. The molecule has 1 N–H and O–H groups in total. The molecule has 0 saturated carbocycles. The number of nitrogens with zero attached hydrogens (tertiary/aromatic N) is 1. The van der Waals surface area contributed by atoms with E-state index in [4.69, 9.17) is 9.47 Å². The third kappa shape index (κ3) is 4.66. The molecule has 0 spiro atoms. The van der Waals surface area contributed by atoms with Gasteiger partial charge in [-0.1, -0.05) is 18.9 Å². The fourth-order valence-corrected chi connectivity index (χ4v) is 5.03. The highest BCUT2D eigenvalue weighted by atomic mass is 32.2. The topological polar surface area (TPSA) is 84.9 Å². The van der Waals surface area contributed by atoms with E-state index in [1.54, 1.807) is 34.6 Å². The SMILES string of the molecule is O=C(C=Cc1ccc2c(c1)OCO2)Nc1ccc(S(=O)(=O)N2CCCCCC2)cc1. The van der Waals surface area contributed by atoms with Crippen LogP contribution >= 0.6 is 0 Å². The summed E-state index contributed by atoms with van der Waals surface area (Å²) in [6, 6.07) is 11.7. The number of benzene rings is 2. The van der Waals surface area contributed by atoms with E-state index in [2.05, 4.69) is 5.32 Å². The van der Waals surface area contributed by atoms with Crippen LogP contribution in [0.15, 0.2) is 53.4 Å². The molecular weight excluding hydrogens is 404 g/mol. The molecule has 0 radical (unpaired) electrons. The second-order valence-corrected chi connectivity index (χ2v) is 9.22. The smallest absolute Gasteiger partial charge is 0.248 e. The molecule has 0 bridgehead atoms. The Labute approximate surface area is 176 Å². The number of carbonyl (C=O) groups excluding carboxylic acids is 1. The summed E-state index contributed by atoms with van der Waals surface area (Å²) >= 11 is 0. The van der Waals surface area contributed by atoms with Gasteiger partial charge in [-0.25, -0.2) is 8.42 Å². The van der Waals surface area contributed by atoms with Crippen molar-refractivity contribution in [2.24, 2.45) is 0 Å². The summed E-state index contributed by atoms with van der Waals surface area (Å²) in [5.41, 5.74) is 1.35. The molecule has 2 aromatic carbocycles. The average Bonchev–Trinajstić information content (AvgIpc) is 3.03. The number of nitrogens with one attached hydrogen (secondary N) is 1. The van der Waals surface area contributed by atoms with Gasteiger partial charge in [-0.2, -0.15) is 4.31 Å². The maximum absolute atomic E-state index is 12.8. The minimum Gasteiger partial charge on any atom is -0.454 e. The largest absolute Gasteiger partial charge is 0.454 e. The predicted molar refractivity (Wildman–Crippen MR) is 114 cm³/mol. The number of ether oxygens (including phenoxy) is 2. The lowest BCUT2D eigenvalue weighted by molar-refractivity contribution is -0.111. The zero-order chi connectivity index (χ0) is 21.0. The van der Waals surface area contributed by atoms with E-state index in [-0.39, 0.29) is 17.6 Å². The molecule has 2 aromatic rings. The number of carbonyl (C=O) groups is 1. The molecule has 158 valence electrons. The molecule has 2 aliphatic rings. The lowest BCUT2D eigenvalue weighted by Crippen LogP contribution is -2.31. The Morgan fingerprint density at radius 1 is 0.933 bits per heavy atom. The summed E-state index contributed by atoms with van der Waals surface area (Å²) in [4.78, 5) is 12.5. The van der Waals surface area contributed by atoms with Crippen molar-refractivity contribution in [1.29, 1.82) is 0 Å². The number of hydrogen-bond acceptors (Lipinski definition) is 5. The maximum Gasteiger partial charge on any atom is 0.248 e. The van der Waals surface area contributed by atoms with Crippen molar-refractivity contribution < 1.29 is 22.7 Å². The Morgan fingerprint density at radius 2 is 1.63 bits per heavy atom. The number of anilines is 1. The van der Waals surface area contributed by atoms with Crippen LogP contribution in [0.3, 0.4) is 0 Å². The van der Waals surface area contributed by atoms with Crippen LogP contribution in [0.25, 0.3) is 6.08 Å². The monoisotopic (exact) mass is 428 g/mol. The minimum atomic E-state index is -3.50. The number of rotatable bonds is 5. The van der Waals surface area contributed by atoms with Crippen LogP contribution in [-0.2, 0) is 14.8 Å². The number of hydrogen-bond donors (Lipinski definition) is 1. The van der Waals surface area contributed by atoms with Crippen molar-refractivity contribution in [1.82, 2.24) is 4.31 Å². The third-order valence-electron chi connectivity index (χ3n) is 5.15. The molecule has 30 heavy (non-hydrogen) atoms. The van der Waals surface area contributed by atoms with Crippen molar-refractivity contribution in [3.63, 3.8) is 0 Å². The van der Waals surface area contributed by atoms with E-state index in [1.807, 2.05) is 6.07 Å². The summed E-state index contributed by atoms with van der Waals surface area (Å²) in [5, 5.41) is 2.74. The van der Waals surface area contributed by atoms with E-state index in [1.165, 1.54) is 18.2 Å². The van der Waals surface area contributed by atoms with Gasteiger partial charge in [0.25, 0.3) is 0 Å². The summed E-state index contributed by atoms with van der Waals surface area (Å²) in [5.74, 6) is 1.03. The van der Waals surface area contributed by atoms with Crippen molar-refractivity contribution in [2.75, 3.05) is 25.2 Å². The van der Waals surface area contributed by atoms with Gasteiger partial charge in [0, 0.05) is 24.9 Å². The van der Waals surface area contributed by atoms with Gasteiger partial charge in [-0.05, 0) is 60.9 Å². The molecule has 0 atom stereocenters. The number of fused-ring (bicyclic) bond motifs is 1. The molecule has 0 aliphatic carbocycles. The number of amides is 1. The molecular formula is C22H24N2O5S. The van der Waals surface area contributed by atoms with Crippen molar-refractivity contribution in [2.45, 2.75) is 30.6 Å². The van der Waals surface area contributed by atoms with E-state index >= 15 is 0 Å². The molecule has 1 fully saturated rings. The van der Waals surface area contributed by atoms with Crippen molar-refractivity contribution in [3.8, 4) is 11.5 Å². The molecule has 0 unspecified atom stereocenters. The average molecular weight is 429 g/mol. The van der Waals surface area contributed by atoms with Gasteiger partial charge in [-0.15, -0.1) is 0 Å². The Kier molecular flexibility index (Phi) is 6.06. The van der Waals surface area contributed by atoms with Crippen LogP contribution in [0.4, 0.5) is 5.69 Å². The maximum atomic E-state index is 12.8. The van der Waals surface area contributed by atoms with Crippen LogP contribution < -0.4 is 14.8 Å². The highest BCUT2D eigenvalue weighted by Crippen LogP contribution is 2.32. The zero-order valence-electron chi connectivity index (χ0n) is 16.5. The van der Waals surface area contributed by atoms with E-state index in [0.29, 0.717) is 30.3 Å². The van der Waals surface area contributed by atoms with Gasteiger partial charge >= 0.3 is 0 Å². The van der Waals surface area contributed by atoms with Crippen LogP contribution in [0.5, 0.6) is 11.5 Å². The van der Waals surface area contributed by atoms with Crippen LogP contribution in [-0.4, -0.2) is 38.5 Å². The van der Waals surface area contributed by atoms with E-state index < -0.39 is 10.0 Å². The predicted octanol–water partition coefficient (Wildman–Crippen LogP) is 3.63. The van der Waals surface area contributed by atoms with Gasteiger partial charge in [0.1, 0.15) is 0 Å². The summed E-state index contributed by atoms with van der Waals surface area (Å²) in [7, 11) is -3.50. The molecule has 7 nitrogen and oxygen atoms in total. The quantitative estimate of drug-likeness (QED) is 0.735. The number of sulfonamides is 1. The van der Waals surface area contributed by atoms with Gasteiger partial charge in [0.15, 0.2) is 11.5 Å². The highest BCUT2D eigenvalue weighted by molar-refractivity contribution is 7.89. The molecule has 0 aromatic heterocycles. The zero-order valence-corrected chi connectivity index (χ0v) is 17.4. The Morgan fingerprint density at radius 3 is 2.37 bits per heavy atom. The minimum absolute atomic E-state index is 0.201. The van der Waals surface area contributed by atoms with Crippen LogP contribution in [0.1, 0.15) is 31.2 Å². The first-order chi connectivity index (χ1) is 14.5. The molecule has 4 rings (SSSR count). The molecule has 2 aliphatic heterocycles. The molecule has 2 heterocycles. The standard InChI is InChI=1S/C22H24N2O5S/c25-22(12-6-17-5-11-20-21(15-17)29-16-28-20)23-18-7-9-19(10-8-18)30(26,27)24-13-3-1-2-4-14-24/h5-12,15H,1-4,13-14,16H2,(H,23,25). The Bertz CT molecular complexity index is 1040. The first kappa shape index (κ1) is 20.4. The lowest BCUT2D eigenvalue weighted by Gasteiger charge is -2.20. The summed E-state index contributed by atoms with van der Waals surface area (Å²) < 4.78 is 37.8. The Hall–Kier alpha value is -2.84. The fraction of sp³-hybridized carbons (Fsp3) is 0.318. The first-order valence-electron chi connectivity index (χ1n) is 10.0. The molecule has 8 heteroatoms. The second kappa shape index (κ2) is 8.89. The highest BCUT2D eigenvalue weighted by Gasteiger charge is 2.24. The van der Waals surface area contributed by atoms with Gasteiger partial charge in [0.2, 0.25) is 22.7 Å². The third-order valence-corrected chi connectivity index (χ3v) is 7.06. The summed E-state index contributed by atoms with van der Waals surface area (Å²) in [6.07, 6.45) is 7.01. The van der Waals surface area contributed by atoms with Gasteiger partial charge in [-0.3, -0.25) is 4.79 Å². The van der Waals surface area contributed by atoms with E-state index in [9.17, 15) is 13.2 Å². The Balaban J connectivity index is 1.38. The van der Waals surface area contributed by atoms with Crippen LogP contribution in [0, 0.1) is 0 Å². The molecule has 1 amide bonds. The fourth-order valence-electron chi connectivity index (χ4n) is 3.51. The molecule has 1 saturated heterocycles. The van der Waals surface area contributed by atoms with Crippen molar-refractivity contribution >= 4 is 27.7 Å². The van der Waals surface area contributed by atoms with E-state index in [0.717, 1.165) is 31.2 Å². The summed E-state index contributed by atoms with van der Waals surface area (Å²) in [6.45, 7) is 1.32. The van der Waals surface area contributed by atoms with Gasteiger partial charge < -0.3 is 14.8 Å². The van der Waals surface area contributed by atoms with Crippen LogP contribution in [0.2, 0.25) is 0 Å². The van der Waals surface area contributed by atoms with Gasteiger partial charge in [0.05, 0.1) is 4.90 Å².